The van der Waals surface area contributed by atoms with Crippen LogP contribution in [0.2, 0.25) is 0 Å². The summed E-state index contributed by atoms with van der Waals surface area (Å²) in [7, 11) is 0. The van der Waals surface area contributed by atoms with E-state index in [9.17, 15) is 14.7 Å². The van der Waals surface area contributed by atoms with Crippen molar-refractivity contribution in [1.29, 1.82) is 0 Å². The number of carbonyl (C=O) groups is 2. The van der Waals surface area contributed by atoms with Crippen molar-refractivity contribution in [2.75, 3.05) is 0 Å². The highest BCUT2D eigenvalue weighted by atomic mass is 16.6. The van der Waals surface area contributed by atoms with E-state index >= 15 is 0 Å². The Hall–Kier alpha value is -3.50. The summed E-state index contributed by atoms with van der Waals surface area (Å²) in [5.41, 5.74) is 2.51. The van der Waals surface area contributed by atoms with E-state index in [-0.39, 0.29) is 5.78 Å². The molecule has 0 fully saturated rings. The summed E-state index contributed by atoms with van der Waals surface area (Å²) in [5.74, 6) is -0.695. The number of benzene rings is 3. The lowest BCUT2D eigenvalue weighted by molar-refractivity contribution is -0.149. The Labute approximate surface area is 156 Å². The van der Waals surface area contributed by atoms with E-state index in [4.69, 9.17) is 0 Å². The van der Waals surface area contributed by atoms with Gasteiger partial charge in [-0.25, -0.2) is 4.79 Å². The molecule has 132 valence electrons. The Morgan fingerprint density at radius 1 is 0.963 bits per heavy atom. The number of ketones is 1. The molecule has 1 heterocycles. The lowest BCUT2D eigenvalue weighted by atomic mass is 10.0. The summed E-state index contributed by atoms with van der Waals surface area (Å²) in [5, 5.41) is 12.0. The van der Waals surface area contributed by atoms with Crippen LogP contribution in [0.1, 0.15) is 21.5 Å². The molecule has 0 spiro atoms. The maximum atomic E-state index is 12.4. The van der Waals surface area contributed by atoms with Crippen molar-refractivity contribution in [3.63, 3.8) is 0 Å². The number of allylic oxidation sites excluding steroid dienone is 1. The number of carbonyl (C=O) groups excluding carboxylic acids is 2. The minimum absolute atomic E-state index is 0.122. The average Bonchev–Trinajstić information content (AvgIpc) is 3.04. The highest BCUT2D eigenvalue weighted by molar-refractivity contribution is 6.07. The van der Waals surface area contributed by atoms with Gasteiger partial charge in [-0.05, 0) is 34.0 Å². The third kappa shape index (κ3) is 3.57. The molecule has 4 nitrogen and oxygen atoms in total. The van der Waals surface area contributed by atoms with Gasteiger partial charge in [0, 0.05) is 17.2 Å². The maximum Gasteiger partial charge on any atom is 0.333 e. The van der Waals surface area contributed by atoms with Crippen LogP contribution in [0.5, 0.6) is 0 Å². The molecule has 0 aliphatic carbocycles. The Morgan fingerprint density at radius 2 is 1.70 bits per heavy atom. The summed E-state index contributed by atoms with van der Waals surface area (Å²) < 4.78 is 4.67. The van der Waals surface area contributed by atoms with Crippen LogP contribution in [0, 0.1) is 0 Å². The van der Waals surface area contributed by atoms with E-state index in [1.54, 1.807) is 30.3 Å². The van der Waals surface area contributed by atoms with Crippen LogP contribution < -0.4 is 0 Å². The predicted molar refractivity (Wildman–Crippen MR) is 104 cm³/mol. The zero-order valence-electron chi connectivity index (χ0n) is 14.3. The summed E-state index contributed by atoms with van der Waals surface area (Å²) in [6, 6.07) is 20.8. The topological polar surface area (TPSA) is 63.6 Å². The van der Waals surface area contributed by atoms with Gasteiger partial charge in [0.15, 0.2) is 5.78 Å². The molecular formula is C23H16O4. The van der Waals surface area contributed by atoms with Crippen LogP contribution in [-0.4, -0.2) is 23.1 Å². The van der Waals surface area contributed by atoms with Gasteiger partial charge in [-0.2, -0.15) is 0 Å². The normalized spacial score (nSPS) is 16.6. The van der Waals surface area contributed by atoms with Gasteiger partial charge in [0.1, 0.15) is 0 Å². The lowest BCUT2D eigenvalue weighted by Gasteiger charge is -2.07. The molecule has 3 aromatic rings. The van der Waals surface area contributed by atoms with Gasteiger partial charge >= 0.3 is 5.97 Å². The summed E-state index contributed by atoms with van der Waals surface area (Å²) in [6.07, 6.45) is 3.32. The monoisotopic (exact) mass is 356 g/mol. The van der Waals surface area contributed by atoms with Gasteiger partial charge in [0.2, 0.25) is 6.29 Å². The van der Waals surface area contributed by atoms with Crippen LogP contribution in [0.15, 0.2) is 78.9 Å². The molecule has 0 radical (unpaired) electrons. The second-order valence-corrected chi connectivity index (χ2v) is 6.27. The number of rotatable bonds is 4. The first kappa shape index (κ1) is 16.9. The highest BCUT2D eigenvalue weighted by Crippen LogP contribution is 2.25. The largest absolute Gasteiger partial charge is 0.428 e. The van der Waals surface area contributed by atoms with Gasteiger partial charge in [-0.3, -0.25) is 4.79 Å². The van der Waals surface area contributed by atoms with Gasteiger partial charge in [0.05, 0.1) is 0 Å². The molecule has 4 rings (SSSR count). The number of fused-ring (bicyclic) bond motifs is 1. The minimum atomic E-state index is -1.26. The molecule has 0 aromatic heterocycles. The fraction of sp³-hybridized carbons (Fsp3) is 0.0435. The fourth-order valence-corrected chi connectivity index (χ4v) is 3.04. The van der Waals surface area contributed by atoms with E-state index in [2.05, 4.69) is 4.74 Å². The van der Waals surface area contributed by atoms with Gasteiger partial charge in [0.25, 0.3) is 0 Å². The molecule has 1 unspecified atom stereocenters. The van der Waals surface area contributed by atoms with Gasteiger partial charge < -0.3 is 9.84 Å². The molecule has 0 amide bonds. The first-order valence-electron chi connectivity index (χ1n) is 8.52. The number of ether oxygens (including phenoxy) is 1. The van der Waals surface area contributed by atoms with E-state index in [0.29, 0.717) is 16.7 Å². The van der Waals surface area contributed by atoms with Crippen LogP contribution >= 0.6 is 0 Å². The number of aliphatic hydroxyl groups is 1. The number of hydrogen-bond donors (Lipinski definition) is 1. The Bertz CT molecular complexity index is 1090. The van der Waals surface area contributed by atoms with Crippen molar-refractivity contribution >= 4 is 34.2 Å². The fourth-order valence-electron chi connectivity index (χ4n) is 3.04. The SMILES string of the molecule is O=C1C=C(c2ccc(C(=O)/C=C/c3ccc4ccccc4c3)cc2)C(O)O1. The third-order valence-corrected chi connectivity index (χ3v) is 4.47. The molecule has 1 atom stereocenters. The summed E-state index contributed by atoms with van der Waals surface area (Å²) >= 11 is 0. The third-order valence-electron chi connectivity index (χ3n) is 4.47. The van der Waals surface area contributed by atoms with Gasteiger partial charge in [-0.15, -0.1) is 0 Å². The molecule has 1 aliphatic heterocycles. The molecule has 1 aliphatic rings. The van der Waals surface area contributed by atoms with Crippen molar-refractivity contribution in [2.45, 2.75) is 6.29 Å². The Kier molecular flexibility index (Phi) is 4.40. The van der Waals surface area contributed by atoms with Crippen molar-refractivity contribution in [1.82, 2.24) is 0 Å². The second kappa shape index (κ2) is 7.02. The smallest absolute Gasteiger partial charge is 0.333 e. The van der Waals surface area contributed by atoms with Gasteiger partial charge in [-0.1, -0.05) is 66.7 Å². The quantitative estimate of drug-likeness (QED) is 0.436. The number of hydrogen-bond acceptors (Lipinski definition) is 4. The zero-order chi connectivity index (χ0) is 18.8. The maximum absolute atomic E-state index is 12.4. The zero-order valence-corrected chi connectivity index (χ0v) is 14.3. The first-order chi connectivity index (χ1) is 13.1. The number of cyclic esters (lactones) is 1. The molecule has 4 heteroatoms. The molecule has 0 saturated carbocycles. The van der Waals surface area contributed by atoms with E-state index in [1.165, 1.54) is 12.2 Å². The highest BCUT2D eigenvalue weighted by Gasteiger charge is 2.24. The molecule has 1 N–H and O–H groups in total. The second-order valence-electron chi connectivity index (χ2n) is 6.27. The first-order valence-corrected chi connectivity index (χ1v) is 8.52. The average molecular weight is 356 g/mol. The summed E-state index contributed by atoms with van der Waals surface area (Å²) in [4.78, 5) is 23.6. The molecule has 0 saturated heterocycles. The van der Waals surface area contributed by atoms with Crippen LogP contribution in [0.4, 0.5) is 0 Å². The van der Waals surface area contributed by atoms with Crippen molar-refractivity contribution in [2.24, 2.45) is 0 Å². The number of esters is 1. The van der Waals surface area contributed by atoms with Crippen molar-refractivity contribution in [3.05, 3.63) is 95.6 Å². The number of aliphatic hydroxyl groups excluding tert-OH is 1. The van der Waals surface area contributed by atoms with Crippen LogP contribution in [-0.2, 0) is 9.53 Å². The Balaban J connectivity index is 1.51. The van der Waals surface area contributed by atoms with Crippen molar-refractivity contribution < 1.29 is 19.4 Å². The van der Waals surface area contributed by atoms with Crippen LogP contribution in [0.25, 0.3) is 22.4 Å². The molecule has 0 bridgehead atoms. The molecule has 27 heavy (non-hydrogen) atoms. The molecular weight excluding hydrogens is 340 g/mol. The lowest BCUT2D eigenvalue weighted by Crippen LogP contribution is -2.09. The minimum Gasteiger partial charge on any atom is -0.428 e. The Morgan fingerprint density at radius 3 is 2.41 bits per heavy atom. The van der Waals surface area contributed by atoms with E-state index in [0.717, 1.165) is 16.3 Å². The van der Waals surface area contributed by atoms with Crippen molar-refractivity contribution in [3.8, 4) is 0 Å². The van der Waals surface area contributed by atoms with Crippen LogP contribution in [0.3, 0.4) is 0 Å². The van der Waals surface area contributed by atoms with E-state index in [1.807, 2.05) is 42.5 Å². The molecule has 3 aromatic carbocycles. The summed E-state index contributed by atoms with van der Waals surface area (Å²) in [6.45, 7) is 0. The van der Waals surface area contributed by atoms with E-state index < -0.39 is 12.3 Å². The standard InChI is InChI=1S/C23H16O4/c24-21(12-6-15-5-7-16-3-1-2-4-19(16)13-15)18-10-8-17(9-11-18)20-14-22(25)27-23(20)26/h1-14,23,26H/b12-6+. The predicted octanol–water partition coefficient (Wildman–Crippen LogP) is 3.99.